The summed E-state index contributed by atoms with van der Waals surface area (Å²) in [4.78, 5) is 0. The van der Waals surface area contributed by atoms with Crippen LogP contribution in [0.15, 0.2) is 36.4 Å². The summed E-state index contributed by atoms with van der Waals surface area (Å²) in [5, 5.41) is 8.66. The number of benzene rings is 2. The van der Waals surface area contributed by atoms with Crippen LogP contribution in [0.4, 0.5) is 10.1 Å². The molecule has 5 heteroatoms. The standard InChI is InChI=1S/C14H11FN2O2/c1-18-11-5-10(17)6-12(7-11)19-14-3-2-9(8-16)4-13(14)15/h2-7H,17H2,1H3. The Morgan fingerprint density at radius 1 is 1.16 bits per heavy atom. The zero-order chi connectivity index (χ0) is 13.8. The average Bonchev–Trinajstić information content (AvgIpc) is 2.40. The SMILES string of the molecule is COc1cc(N)cc(Oc2ccc(C#N)cc2F)c1. The predicted octanol–water partition coefficient (Wildman–Crippen LogP) is 3.08. The fraction of sp³-hybridized carbons (Fsp3) is 0.0714. The third-order valence-electron chi connectivity index (χ3n) is 2.43. The Morgan fingerprint density at radius 3 is 2.53 bits per heavy atom. The van der Waals surface area contributed by atoms with Crippen molar-refractivity contribution in [2.75, 3.05) is 12.8 Å². The summed E-state index contributed by atoms with van der Waals surface area (Å²) < 4.78 is 24.1. The van der Waals surface area contributed by atoms with E-state index in [0.717, 1.165) is 6.07 Å². The summed E-state index contributed by atoms with van der Waals surface area (Å²) in [7, 11) is 1.50. The van der Waals surface area contributed by atoms with Crippen molar-refractivity contribution in [3.05, 3.63) is 47.8 Å². The van der Waals surface area contributed by atoms with Crippen molar-refractivity contribution in [1.82, 2.24) is 0 Å². The number of halogens is 1. The van der Waals surface area contributed by atoms with E-state index < -0.39 is 5.82 Å². The number of anilines is 1. The molecule has 0 aliphatic rings. The molecule has 2 aromatic carbocycles. The molecule has 0 fully saturated rings. The van der Waals surface area contributed by atoms with Crippen LogP contribution in [0.2, 0.25) is 0 Å². The van der Waals surface area contributed by atoms with Crippen LogP contribution in [0.5, 0.6) is 17.2 Å². The Hall–Kier alpha value is -2.74. The number of nitriles is 1. The summed E-state index contributed by atoms with van der Waals surface area (Å²) in [6.07, 6.45) is 0. The van der Waals surface area contributed by atoms with Gasteiger partial charge in [0.2, 0.25) is 0 Å². The fourth-order valence-corrected chi connectivity index (χ4v) is 1.55. The van der Waals surface area contributed by atoms with Crippen molar-refractivity contribution in [3.63, 3.8) is 0 Å². The van der Waals surface area contributed by atoms with Crippen molar-refractivity contribution in [2.24, 2.45) is 0 Å². The number of methoxy groups -OCH3 is 1. The highest BCUT2D eigenvalue weighted by molar-refractivity contribution is 5.51. The highest BCUT2D eigenvalue weighted by atomic mass is 19.1. The number of rotatable bonds is 3. The van der Waals surface area contributed by atoms with E-state index in [4.69, 9.17) is 20.5 Å². The highest BCUT2D eigenvalue weighted by Crippen LogP contribution is 2.30. The first kappa shape index (κ1) is 12.7. The van der Waals surface area contributed by atoms with E-state index in [9.17, 15) is 4.39 Å². The van der Waals surface area contributed by atoms with Crippen molar-refractivity contribution < 1.29 is 13.9 Å². The molecule has 0 saturated carbocycles. The quantitative estimate of drug-likeness (QED) is 0.859. The van der Waals surface area contributed by atoms with E-state index in [-0.39, 0.29) is 11.3 Å². The Balaban J connectivity index is 2.31. The van der Waals surface area contributed by atoms with Crippen LogP contribution in [0.25, 0.3) is 0 Å². The zero-order valence-electron chi connectivity index (χ0n) is 10.2. The number of hydrogen-bond acceptors (Lipinski definition) is 4. The van der Waals surface area contributed by atoms with Gasteiger partial charge >= 0.3 is 0 Å². The van der Waals surface area contributed by atoms with E-state index in [1.807, 2.05) is 6.07 Å². The van der Waals surface area contributed by atoms with Crippen LogP contribution in [-0.4, -0.2) is 7.11 Å². The Labute approximate surface area is 109 Å². The normalized spacial score (nSPS) is 9.74. The molecule has 19 heavy (non-hydrogen) atoms. The molecule has 0 aromatic heterocycles. The number of nitrogens with two attached hydrogens (primary N) is 1. The van der Waals surface area contributed by atoms with Crippen LogP contribution >= 0.6 is 0 Å². The second kappa shape index (κ2) is 5.27. The minimum absolute atomic E-state index is 0.0200. The summed E-state index contributed by atoms with van der Waals surface area (Å²) in [6.45, 7) is 0. The first-order chi connectivity index (χ1) is 9.12. The maximum absolute atomic E-state index is 13.7. The molecule has 0 saturated heterocycles. The second-order valence-electron chi connectivity index (χ2n) is 3.80. The van der Waals surface area contributed by atoms with Crippen LogP contribution in [0, 0.1) is 17.1 Å². The minimum atomic E-state index is -0.611. The third kappa shape index (κ3) is 2.93. The summed E-state index contributed by atoms with van der Waals surface area (Å²) in [5.41, 5.74) is 6.35. The molecule has 2 N–H and O–H groups in total. The van der Waals surface area contributed by atoms with Crippen LogP contribution < -0.4 is 15.2 Å². The number of hydrogen-bond donors (Lipinski definition) is 1. The van der Waals surface area contributed by atoms with Crippen molar-refractivity contribution in [3.8, 4) is 23.3 Å². The van der Waals surface area contributed by atoms with Crippen LogP contribution in [0.3, 0.4) is 0 Å². The summed E-state index contributed by atoms with van der Waals surface area (Å²) in [5.74, 6) is 0.289. The Morgan fingerprint density at radius 2 is 1.89 bits per heavy atom. The Kier molecular flexibility index (Phi) is 3.53. The third-order valence-corrected chi connectivity index (χ3v) is 2.43. The van der Waals surface area contributed by atoms with E-state index in [1.165, 1.54) is 19.2 Å². The molecule has 0 atom stereocenters. The van der Waals surface area contributed by atoms with E-state index in [2.05, 4.69) is 0 Å². The van der Waals surface area contributed by atoms with Crippen LogP contribution in [0.1, 0.15) is 5.56 Å². The lowest BCUT2D eigenvalue weighted by molar-refractivity contribution is 0.405. The Bertz CT molecular complexity index is 650. The summed E-state index contributed by atoms with van der Waals surface area (Å²) >= 11 is 0. The first-order valence-electron chi connectivity index (χ1n) is 5.44. The van der Waals surface area contributed by atoms with Crippen LogP contribution in [-0.2, 0) is 0 Å². The molecular weight excluding hydrogens is 247 g/mol. The molecule has 0 bridgehead atoms. The lowest BCUT2D eigenvalue weighted by atomic mass is 10.2. The fourth-order valence-electron chi connectivity index (χ4n) is 1.55. The average molecular weight is 258 g/mol. The van der Waals surface area contributed by atoms with Gasteiger partial charge in [0.15, 0.2) is 11.6 Å². The number of nitrogens with zero attached hydrogens (tertiary/aromatic N) is 1. The molecule has 0 spiro atoms. The minimum Gasteiger partial charge on any atom is -0.497 e. The number of nitrogen functional groups attached to an aromatic ring is 1. The predicted molar refractivity (Wildman–Crippen MR) is 68.6 cm³/mol. The lowest BCUT2D eigenvalue weighted by Gasteiger charge is -2.09. The van der Waals surface area contributed by atoms with Gasteiger partial charge in [-0.05, 0) is 18.2 Å². The maximum atomic E-state index is 13.7. The topological polar surface area (TPSA) is 68.3 Å². The molecule has 0 aliphatic heterocycles. The van der Waals surface area contributed by atoms with Crippen molar-refractivity contribution in [1.29, 1.82) is 5.26 Å². The molecule has 0 aliphatic carbocycles. The smallest absolute Gasteiger partial charge is 0.167 e. The van der Waals surface area contributed by atoms with Gasteiger partial charge in [-0.15, -0.1) is 0 Å². The van der Waals surface area contributed by atoms with E-state index >= 15 is 0 Å². The van der Waals surface area contributed by atoms with Gasteiger partial charge in [-0.1, -0.05) is 0 Å². The highest BCUT2D eigenvalue weighted by Gasteiger charge is 2.07. The molecular formula is C14H11FN2O2. The monoisotopic (exact) mass is 258 g/mol. The van der Waals surface area contributed by atoms with Gasteiger partial charge in [0.1, 0.15) is 11.5 Å². The van der Waals surface area contributed by atoms with Gasteiger partial charge in [-0.3, -0.25) is 0 Å². The van der Waals surface area contributed by atoms with Crippen molar-refractivity contribution >= 4 is 5.69 Å². The molecule has 2 aromatic rings. The summed E-state index contributed by atoms with van der Waals surface area (Å²) in [6, 6.07) is 10.6. The molecule has 96 valence electrons. The van der Waals surface area contributed by atoms with Crippen molar-refractivity contribution in [2.45, 2.75) is 0 Å². The second-order valence-corrected chi connectivity index (χ2v) is 3.80. The first-order valence-corrected chi connectivity index (χ1v) is 5.44. The van der Waals surface area contributed by atoms with Gasteiger partial charge in [-0.25, -0.2) is 4.39 Å². The van der Waals surface area contributed by atoms with Gasteiger partial charge in [0, 0.05) is 23.9 Å². The van der Waals surface area contributed by atoms with E-state index in [0.29, 0.717) is 17.2 Å². The van der Waals surface area contributed by atoms with Gasteiger partial charge in [-0.2, -0.15) is 5.26 Å². The lowest BCUT2D eigenvalue weighted by Crippen LogP contribution is -1.93. The van der Waals surface area contributed by atoms with Gasteiger partial charge in [0.05, 0.1) is 18.7 Å². The largest absolute Gasteiger partial charge is 0.497 e. The molecule has 0 heterocycles. The number of ether oxygens (including phenoxy) is 2. The van der Waals surface area contributed by atoms with Gasteiger partial charge < -0.3 is 15.2 Å². The maximum Gasteiger partial charge on any atom is 0.167 e. The van der Waals surface area contributed by atoms with Gasteiger partial charge in [0.25, 0.3) is 0 Å². The molecule has 4 nitrogen and oxygen atoms in total. The molecule has 2 rings (SSSR count). The molecule has 0 radical (unpaired) electrons. The zero-order valence-corrected chi connectivity index (χ0v) is 10.2. The van der Waals surface area contributed by atoms with E-state index in [1.54, 1.807) is 18.2 Å². The molecule has 0 unspecified atom stereocenters. The molecule has 0 amide bonds.